The molecule has 234 valence electrons. The third kappa shape index (κ3) is 7.26. The molecule has 0 aliphatic heterocycles. The van der Waals surface area contributed by atoms with Crippen molar-refractivity contribution in [1.82, 2.24) is 20.2 Å². The number of likely N-dealkylation sites (N-methyl/N-ethyl adjacent to an activating group) is 1. The number of ether oxygens (including phenoxy) is 1. The van der Waals surface area contributed by atoms with Gasteiger partial charge in [0.2, 0.25) is 0 Å². The standard InChI is InChI=1S/C31H34F3N5O5/c1-16-13-17(14-23(27(16)39(5)30(42)43)38-29(41)44-31(2,3)4)18-11-12-35-15-24(18)37-28(40)22-10-9-21(34)26(36-22)25-19(32)7-6-8-20(25)33/h6-12,15-17,23,27H,13-14H2,1-5H3,(H,37,40)(H,38,41)(H,42,43)/t16-,17+,23+,27-/m1/s1. The predicted octanol–water partition coefficient (Wildman–Crippen LogP) is 6.20. The minimum absolute atomic E-state index is 0.219. The molecule has 3 N–H and O–H groups in total. The Morgan fingerprint density at radius 1 is 1.02 bits per heavy atom. The number of benzene rings is 1. The van der Waals surface area contributed by atoms with Gasteiger partial charge in [0.15, 0.2) is 0 Å². The first-order chi connectivity index (χ1) is 20.7. The van der Waals surface area contributed by atoms with Crippen molar-refractivity contribution >= 4 is 23.8 Å². The molecule has 44 heavy (non-hydrogen) atoms. The number of pyridine rings is 2. The first kappa shape index (κ1) is 32.2. The third-order valence-electron chi connectivity index (χ3n) is 7.46. The molecule has 0 unspecified atom stereocenters. The van der Waals surface area contributed by atoms with Gasteiger partial charge in [0.25, 0.3) is 5.91 Å². The lowest BCUT2D eigenvalue weighted by atomic mass is 9.72. The van der Waals surface area contributed by atoms with Crippen molar-refractivity contribution < 1.29 is 37.4 Å². The van der Waals surface area contributed by atoms with Gasteiger partial charge in [0.05, 0.1) is 29.5 Å². The maximum absolute atomic E-state index is 14.6. The number of hydrogen-bond acceptors (Lipinski definition) is 6. The molecule has 1 aliphatic carbocycles. The summed E-state index contributed by atoms with van der Waals surface area (Å²) in [6, 6.07) is 5.57. The van der Waals surface area contributed by atoms with E-state index in [1.54, 1.807) is 26.8 Å². The lowest BCUT2D eigenvalue weighted by molar-refractivity contribution is 0.0375. The summed E-state index contributed by atoms with van der Waals surface area (Å²) in [6.45, 7) is 7.04. The van der Waals surface area contributed by atoms with Crippen LogP contribution < -0.4 is 10.6 Å². The van der Waals surface area contributed by atoms with E-state index in [0.29, 0.717) is 24.1 Å². The average molecular weight is 614 g/mol. The molecule has 3 aromatic rings. The Morgan fingerprint density at radius 3 is 2.34 bits per heavy atom. The molecule has 0 spiro atoms. The van der Waals surface area contributed by atoms with Crippen LogP contribution in [0.2, 0.25) is 0 Å². The number of rotatable bonds is 6. The van der Waals surface area contributed by atoms with Crippen molar-refractivity contribution in [3.63, 3.8) is 0 Å². The zero-order chi connectivity index (χ0) is 32.3. The molecular weight excluding hydrogens is 579 g/mol. The van der Waals surface area contributed by atoms with Crippen molar-refractivity contribution in [1.29, 1.82) is 0 Å². The van der Waals surface area contributed by atoms with Crippen LogP contribution >= 0.6 is 0 Å². The normalized spacial score (nSPS) is 20.0. The predicted molar refractivity (Wildman–Crippen MR) is 156 cm³/mol. The summed E-state index contributed by atoms with van der Waals surface area (Å²) in [6.07, 6.45) is 1.94. The molecule has 4 rings (SSSR count). The molecule has 1 aliphatic rings. The lowest BCUT2D eigenvalue weighted by Crippen LogP contribution is -2.58. The Kier molecular flexibility index (Phi) is 9.45. The van der Waals surface area contributed by atoms with E-state index in [1.807, 2.05) is 6.92 Å². The second kappa shape index (κ2) is 12.9. The highest BCUT2D eigenvalue weighted by molar-refractivity contribution is 6.03. The fourth-order valence-corrected chi connectivity index (χ4v) is 5.68. The average Bonchev–Trinajstić information content (AvgIpc) is 2.92. The van der Waals surface area contributed by atoms with E-state index in [1.165, 1.54) is 24.3 Å². The van der Waals surface area contributed by atoms with Crippen LogP contribution in [0.25, 0.3) is 11.3 Å². The topological polar surface area (TPSA) is 134 Å². The second-order valence-corrected chi connectivity index (χ2v) is 11.8. The monoisotopic (exact) mass is 613 g/mol. The summed E-state index contributed by atoms with van der Waals surface area (Å²) >= 11 is 0. The summed E-state index contributed by atoms with van der Waals surface area (Å²) in [5.74, 6) is -4.32. The quantitative estimate of drug-likeness (QED) is 0.302. The molecule has 0 saturated heterocycles. The Morgan fingerprint density at radius 2 is 1.70 bits per heavy atom. The zero-order valence-electron chi connectivity index (χ0n) is 24.9. The first-order valence-corrected chi connectivity index (χ1v) is 14.0. The van der Waals surface area contributed by atoms with Crippen LogP contribution in [0.1, 0.15) is 62.5 Å². The maximum atomic E-state index is 14.6. The summed E-state index contributed by atoms with van der Waals surface area (Å²) < 4.78 is 48.8. The van der Waals surface area contributed by atoms with Gasteiger partial charge in [0.1, 0.15) is 34.4 Å². The minimum Gasteiger partial charge on any atom is -0.465 e. The van der Waals surface area contributed by atoms with Gasteiger partial charge in [-0.2, -0.15) is 0 Å². The van der Waals surface area contributed by atoms with Crippen molar-refractivity contribution in [2.75, 3.05) is 12.4 Å². The molecule has 4 atom stereocenters. The highest BCUT2D eigenvalue weighted by Gasteiger charge is 2.42. The van der Waals surface area contributed by atoms with Crippen LogP contribution in [0.4, 0.5) is 28.4 Å². The lowest BCUT2D eigenvalue weighted by Gasteiger charge is -2.44. The van der Waals surface area contributed by atoms with Crippen LogP contribution in [0.3, 0.4) is 0 Å². The van der Waals surface area contributed by atoms with Gasteiger partial charge >= 0.3 is 12.2 Å². The molecule has 1 aromatic carbocycles. The van der Waals surface area contributed by atoms with Gasteiger partial charge in [-0.05, 0) is 81.3 Å². The fraction of sp³-hybridized carbons (Fsp3) is 0.387. The van der Waals surface area contributed by atoms with Gasteiger partial charge in [0, 0.05) is 13.2 Å². The van der Waals surface area contributed by atoms with Crippen LogP contribution in [0.5, 0.6) is 0 Å². The summed E-state index contributed by atoms with van der Waals surface area (Å²) in [7, 11) is 1.45. The Labute approximate surface area is 252 Å². The highest BCUT2D eigenvalue weighted by atomic mass is 19.1. The molecule has 2 heterocycles. The summed E-state index contributed by atoms with van der Waals surface area (Å²) in [4.78, 5) is 47.1. The van der Waals surface area contributed by atoms with E-state index < -0.39 is 64.5 Å². The summed E-state index contributed by atoms with van der Waals surface area (Å²) in [5, 5.41) is 15.3. The van der Waals surface area contributed by atoms with Gasteiger partial charge in [-0.3, -0.25) is 9.78 Å². The van der Waals surface area contributed by atoms with E-state index in [4.69, 9.17) is 4.74 Å². The van der Waals surface area contributed by atoms with Crippen molar-refractivity contribution in [3.8, 4) is 11.3 Å². The number of halogens is 3. The zero-order valence-corrected chi connectivity index (χ0v) is 24.9. The van der Waals surface area contributed by atoms with Gasteiger partial charge in [-0.25, -0.2) is 27.7 Å². The van der Waals surface area contributed by atoms with E-state index in [0.717, 1.165) is 30.3 Å². The molecule has 0 radical (unpaired) electrons. The van der Waals surface area contributed by atoms with Crippen LogP contribution in [-0.2, 0) is 4.74 Å². The Balaban J connectivity index is 1.62. The molecule has 2 aromatic heterocycles. The van der Waals surface area contributed by atoms with E-state index >= 15 is 0 Å². The van der Waals surface area contributed by atoms with E-state index in [2.05, 4.69) is 20.6 Å². The van der Waals surface area contributed by atoms with E-state index in [9.17, 15) is 32.7 Å². The van der Waals surface area contributed by atoms with Crippen molar-refractivity contribution in [3.05, 3.63) is 77.5 Å². The number of amides is 3. The van der Waals surface area contributed by atoms with Gasteiger partial charge in [-0.15, -0.1) is 0 Å². The molecule has 1 saturated carbocycles. The number of aromatic nitrogens is 2. The molecule has 3 amide bonds. The number of carbonyl (C=O) groups is 3. The van der Waals surface area contributed by atoms with Crippen LogP contribution in [0, 0.1) is 23.4 Å². The van der Waals surface area contributed by atoms with Crippen LogP contribution in [-0.4, -0.2) is 62.8 Å². The number of carbonyl (C=O) groups excluding carboxylic acids is 2. The number of anilines is 1. The van der Waals surface area contributed by atoms with Gasteiger partial charge < -0.3 is 25.4 Å². The third-order valence-corrected chi connectivity index (χ3v) is 7.46. The summed E-state index contributed by atoms with van der Waals surface area (Å²) in [5.41, 5.74) is -1.43. The number of carboxylic acid groups (broad SMARTS) is 1. The van der Waals surface area contributed by atoms with Crippen molar-refractivity contribution in [2.24, 2.45) is 5.92 Å². The fourth-order valence-electron chi connectivity index (χ4n) is 5.68. The molecule has 0 bridgehead atoms. The molecular formula is C31H34F3N5O5. The second-order valence-electron chi connectivity index (χ2n) is 11.8. The number of alkyl carbamates (subject to hydrolysis) is 1. The highest BCUT2D eigenvalue weighted by Crippen LogP contribution is 2.41. The Hall–Kier alpha value is -4.68. The number of nitrogens with one attached hydrogen (secondary N) is 2. The molecule has 13 heteroatoms. The number of nitrogens with zero attached hydrogens (tertiary/aromatic N) is 3. The maximum Gasteiger partial charge on any atom is 0.407 e. The van der Waals surface area contributed by atoms with E-state index in [-0.39, 0.29) is 17.5 Å². The number of hydrogen-bond donors (Lipinski definition) is 3. The minimum atomic E-state index is -1.14. The molecule has 10 nitrogen and oxygen atoms in total. The molecule has 1 fully saturated rings. The first-order valence-electron chi connectivity index (χ1n) is 14.0. The SMILES string of the molecule is C[C@@H]1C[C@H](c2ccncc2NC(=O)c2ccc(F)c(-c3c(F)cccc3F)n2)C[C@H](NC(=O)OC(C)(C)C)[C@@H]1N(C)C(=O)O. The van der Waals surface area contributed by atoms with Crippen molar-refractivity contribution in [2.45, 2.75) is 64.1 Å². The smallest absolute Gasteiger partial charge is 0.407 e. The Bertz CT molecular complexity index is 1540. The van der Waals surface area contributed by atoms with Crippen LogP contribution in [0.15, 0.2) is 48.8 Å². The van der Waals surface area contributed by atoms with Gasteiger partial charge in [-0.1, -0.05) is 13.0 Å². The largest absolute Gasteiger partial charge is 0.465 e.